The molecule has 1 fully saturated rings. The number of pyridine rings is 2. The molecule has 2 heterocycles. The molecule has 0 bridgehead atoms. The van der Waals surface area contributed by atoms with Crippen LogP contribution in [0.5, 0.6) is 0 Å². The summed E-state index contributed by atoms with van der Waals surface area (Å²) in [6.07, 6.45) is 0.650. The molecule has 0 aliphatic heterocycles. The smallest absolute Gasteiger partial charge is 0.478 e. The zero-order valence-corrected chi connectivity index (χ0v) is 18.6. The molecule has 0 radical (unpaired) electrons. The lowest BCUT2D eigenvalue weighted by molar-refractivity contribution is -0.192. The molecule has 1 saturated carbocycles. The molecule has 14 heteroatoms. The summed E-state index contributed by atoms with van der Waals surface area (Å²) in [4.78, 5) is 40.2. The fourth-order valence-electron chi connectivity index (χ4n) is 3.38. The first-order valence-corrected chi connectivity index (χ1v) is 10.4. The number of aliphatic carboxylic acids is 1. The molecule has 2 aromatic heterocycles. The van der Waals surface area contributed by atoms with E-state index in [4.69, 9.17) is 26.5 Å². The third-order valence-corrected chi connectivity index (χ3v) is 5.11. The van der Waals surface area contributed by atoms with Crippen molar-refractivity contribution in [1.29, 1.82) is 0 Å². The predicted molar refractivity (Wildman–Crippen MR) is 120 cm³/mol. The monoisotopic (exact) mass is 498 g/mol. The Morgan fingerprint density at radius 2 is 1.77 bits per heavy atom. The van der Waals surface area contributed by atoms with Crippen molar-refractivity contribution in [3.05, 3.63) is 41.3 Å². The molecule has 3 rings (SSSR count). The Kier molecular flexibility index (Phi) is 8.94. The highest BCUT2D eigenvalue weighted by atomic mass is 19.4. The number of primary amides is 1. The number of carbonyl (C=O) groups excluding carboxylic acids is 1. The van der Waals surface area contributed by atoms with Gasteiger partial charge in [-0.05, 0) is 38.0 Å². The molecule has 0 spiro atoms. The molecular weight excluding hydrogens is 473 g/mol. The Morgan fingerprint density at radius 1 is 1.14 bits per heavy atom. The number of hydrogen-bond acceptors (Lipinski definition) is 8. The Balaban J connectivity index is 0.000000540. The van der Waals surface area contributed by atoms with E-state index in [9.17, 15) is 22.8 Å². The molecule has 0 aromatic carbocycles. The van der Waals surface area contributed by atoms with Gasteiger partial charge < -0.3 is 32.3 Å². The molecule has 8 N–H and O–H groups in total. The average molecular weight is 498 g/mol. The number of aromatic nitrogens is 2. The van der Waals surface area contributed by atoms with Crippen molar-refractivity contribution in [3.63, 3.8) is 0 Å². The van der Waals surface area contributed by atoms with Crippen LogP contribution in [-0.4, -0.2) is 56.3 Å². The Labute approximate surface area is 197 Å². The minimum atomic E-state index is -5.08. The van der Waals surface area contributed by atoms with E-state index in [-0.39, 0.29) is 23.3 Å². The lowest BCUT2D eigenvalue weighted by atomic mass is 9.91. The molecule has 1 aliphatic rings. The third-order valence-electron chi connectivity index (χ3n) is 5.11. The van der Waals surface area contributed by atoms with Crippen LogP contribution in [0.1, 0.15) is 52.2 Å². The topological polar surface area (TPSA) is 194 Å². The van der Waals surface area contributed by atoms with E-state index in [1.165, 1.54) is 12.1 Å². The number of aryl methyl sites for hydroxylation is 1. The molecule has 2 atom stereocenters. The first-order valence-electron chi connectivity index (χ1n) is 10.4. The van der Waals surface area contributed by atoms with Gasteiger partial charge in [-0.25, -0.2) is 19.6 Å². The van der Waals surface area contributed by atoms with Gasteiger partial charge in [-0.3, -0.25) is 4.79 Å². The molecular formula is C21H25F3N6O5. The molecule has 0 unspecified atom stereocenters. The number of alkyl halides is 3. The van der Waals surface area contributed by atoms with E-state index in [1.807, 2.05) is 0 Å². The Bertz CT molecular complexity index is 1100. The normalized spacial score (nSPS) is 17.5. The van der Waals surface area contributed by atoms with E-state index >= 15 is 0 Å². The van der Waals surface area contributed by atoms with Crippen LogP contribution in [0.4, 0.5) is 30.4 Å². The maximum Gasteiger partial charge on any atom is 0.490 e. The lowest BCUT2D eigenvalue weighted by Crippen LogP contribution is -2.42. The van der Waals surface area contributed by atoms with Gasteiger partial charge in [0, 0.05) is 12.1 Å². The van der Waals surface area contributed by atoms with Crippen LogP contribution in [0.15, 0.2) is 24.4 Å². The second-order valence-electron chi connectivity index (χ2n) is 7.75. The number of nitrogens with one attached hydrogen (secondary N) is 2. The summed E-state index contributed by atoms with van der Waals surface area (Å²) in [5, 5.41) is 22.6. The van der Waals surface area contributed by atoms with Crippen LogP contribution in [0.25, 0.3) is 0 Å². The predicted octanol–water partition coefficient (Wildman–Crippen LogP) is 2.64. The number of nitrogens with two attached hydrogens (primary N) is 2. The number of carbonyl (C=O) groups is 3. The van der Waals surface area contributed by atoms with E-state index in [0.717, 1.165) is 25.7 Å². The summed E-state index contributed by atoms with van der Waals surface area (Å²) >= 11 is 0. The van der Waals surface area contributed by atoms with Gasteiger partial charge in [0.2, 0.25) is 0 Å². The SMILES string of the molecule is Cc1nc(Nc2cc(N[C@@H]3CCCC[C@@H]3N)cnc2C(N)=O)ccc1C(=O)O.O=C(O)C(F)(F)F. The molecule has 1 amide bonds. The van der Waals surface area contributed by atoms with Gasteiger partial charge in [0.15, 0.2) is 5.69 Å². The van der Waals surface area contributed by atoms with Crippen molar-refractivity contribution in [2.24, 2.45) is 11.5 Å². The van der Waals surface area contributed by atoms with Crippen molar-refractivity contribution in [2.45, 2.75) is 50.9 Å². The first-order chi connectivity index (χ1) is 16.3. The Morgan fingerprint density at radius 3 is 2.29 bits per heavy atom. The first kappa shape index (κ1) is 27.3. The van der Waals surface area contributed by atoms with E-state index in [0.29, 0.717) is 22.9 Å². The molecule has 1 aliphatic carbocycles. The number of aromatic carboxylic acids is 1. The van der Waals surface area contributed by atoms with Crippen LogP contribution in [0.3, 0.4) is 0 Å². The number of carboxylic acids is 2. The van der Waals surface area contributed by atoms with Gasteiger partial charge in [0.1, 0.15) is 5.82 Å². The molecule has 190 valence electrons. The van der Waals surface area contributed by atoms with E-state index in [2.05, 4.69) is 20.6 Å². The van der Waals surface area contributed by atoms with Crippen LogP contribution in [-0.2, 0) is 4.79 Å². The van der Waals surface area contributed by atoms with Crippen molar-refractivity contribution < 1.29 is 37.8 Å². The van der Waals surface area contributed by atoms with Crippen molar-refractivity contribution >= 4 is 35.0 Å². The van der Waals surface area contributed by atoms with Gasteiger partial charge in [0.05, 0.1) is 28.8 Å². The average Bonchev–Trinajstić information content (AvgIpc) is 2.75. The minimum Gasteiger partial charge on any atom is -0.478 e. The summed E-state index contributed by atoms with van der Waals surface area (Å²) < 4.78 is 31.7. The summed E-state index contributed by atoms with van der Waals surface area (Å²) in [6.45, 7) is 1.60. The highest BCUT2D eigenvalue weighted by molar-refractivity contribution is 5.97. The van der Waals surface area contributed by atoms with Gasteiger partial charge in [-0.2, -0.15) is 13.2 Å². The second kappa shape index (κ2) is 11.5. The zero-order valence-electron chi connectivity index (χ0n) is 18.6. The molecule has 35 heavy (non-hydrogen) atoms. The van der Waals surface area contributed by atoms with Gasteiger partial charge in [-0.1, -0.05) is 12.8 Å². The maximum absolute atomic E-state index is 11.8. The van der Waals surface area contributed by atoms with Gasteiger partial charge >= 0.3 is 18.1 Å². The molecule has 2 aromatic rings. The standard InChI is InChI=1S/C19H24N6O3.C2HF3O2/c1-10-12(19(27)28)6-7-16(23-10)25-15-8-11(9-22-17(15)18(21)26)24-14-5-3-2-4-13(14)20;3-2(4,5)1(6)7/h6-9,13-14,24H,2-5,20H2,1H3,(H2,21,26)(H,23,25)(H,27,28);(H,6,7)/t13-,14+;/m0./s1. The summed E-state index contributed by atoms with van der Waals surface area (Å²) in [5.74, 6) is -4.10. The summed E-state index contributed by atoms with van der Waals surface area (Å²) in [7, 11) is 0. The van der Waals surface area contributed by atoms with E-state index < -0.39 is 24.0 Å². The second-order valence-corrected chi connectivity index (χ2v) is 7.75. The fourth-order valence-corrected chi connectivity index (χ4v) is 3.38. The fraction of sp³-hybridized carbons (Fsp3) is 0.381. The van der Waals surface area contributed by atoms with Crippen molar-refractivity contribution in [1.82, 2.24) is 9.97 Å². The Hall–Kier alpha value is -3.94. The molecule has 11 nitrogen and oxygen atoms in total. The largest absolute Gasteiger partial charge is 0.490 e. The summed E-state index contributed by atoms with van der Waals surface area (Å²) in [6, 6.07) is 4.91. The number of anilines is 3. The lowest BCUT2D eigenvalue weighted by Gasteiger charge is -2.30. The quantitative estimate of drug-likeness (QED) is 0.345. The van der Waals surface area contributed by atoms with Gasteiger partial charge in [-0.15, -0.1) is 0 Å². The number of rotatable bonds is 6. The summed E-state index contributed by atoms with van der Waals surface area (Å²) in [5.41, 5.74) is 13.3. The number of amides is 1. The maximum atomic E-state index is 11.8. The highest BCUT2D eigenvalue weighted by Gasteiger charge is 2.38. The zero-order chi connectivity index (χ0) is 26.3. The van der Waals surface area contributed by atoms with Crippen LogP contribution in [0, 0.1) is 6.92 Å². The van der Waals surface area contributed by atoms with Crippen molar-refractivity contribution in [3.8, 4) is 0 Å². The number of nitrogens with zero attached hydrogens (tertiary/aromatic N) is 2. The van der Waals surface area contributed by atoms with Crippen LogP contribution >= 0.6 is 0 Å². The van der Waals surface area contributed by atoms with Crippen LogP contribution < -0.4 is 22.1 Å². The van der Waals surface area contributed by atoms with Crippen LogP contribution in [0.2, 0.25) is 0 Å². The number of carboxylic acid groups (broad SMARTS) is 2. The highest BCUT2D eigenvalue weighted by Crippen LogP contribution is 2.26. The molecule has 0 saturated heterocycles. The minimum absolute atomic E-state index is 0.0638. The van der Waals surface area contributed by atoms with E-state index in [1.54, 1.807) is 19.2 Å². The van der Waals surface area contributed by atoms with Crippen molar-refractivity contribution in [2.75, 3.05) is 10.6 Å². The number of hydrogen-bond donors (Lipinski definition) is 6. The number of halogens is 3. The third kappa shape index (κ3) is 7.81. The van der Waals surface area contributed by atoms with Gasteiger partial charge in [0.25, 0.3) is 5.91 Å².